The van der Waals surface area contributed by atoms with E-state index in [1.165, 1.54) is 22.4 Å². The van der Waals surface area contributed by atoms with Crippen LogP contribution in [0.3, 0.4) is 0 Å². The van der Waals surface area contributed by atoms with E-state index in [1.54, 1.807) is 7.11 Å². The van der Waals surface area contributed by atoms with Crippen LogP contribution in [-0.4, -0.2) is 39.4 Å². The third-order valence-corrected chi connectivity index (χ3v) is 6.38. The zero-order chi connectivity index (χ0) is 21.9. The number of ether oxygens (including phenoxy) is 1. The second-order valence-electron chi connectivity index (χ2n) is 8.52. The number of fused-ring (bicyclic) bond motifs is 2. The van der Waals surface area contributed by atoms with Crippen LogP contribution < -0.4 is 10.1 Å². The molecule has 1 unspecified atom stereocenters. The quantitative estimate of drug-likeness (QED) is 0.448. The molecule has 3 heterocycles. The first kappa shape index (κ1) is 20.6. The van der Waals surface area contributed by atoms with Gasteiger partial charge in [0.1, 0.15) is 5.52 Å². The van der Waals surface area contributed by atoms with Crippen LogP contribution in [0.15, 0.2) is 54.9 Å². The van der Waals surface area contributed by atoms with Gasteiger partial charge in [-0.3, -0.25) is 4.98 Å². The average molecular weight is 428 g/mol. The van der Waals surface area contributed by atoms with Crippen LogP contribution in [0.2, 0.25) is 0 Å². The first-order valence-electron chi connectivity index (χ1n) is 11.4. The number of nitrogens with zero attached hydrogens (tertiary/aromatic N) is 4. The summed E-state index contributed by atoms with van der Waals surface area (Å²) in [5, 5.41) is 8.66. The zero-order valence-corrected chi connectivity index (χ0v) is 18.7. The number of aromatic nitrogens is 4. The SMILES string of the molecule is COc1ccc2nccc(-n3cc4c(n3)CCC(NCCCc3ccccc3C)C4)c2n1. The Morgan fingerprint density at radius 1 is 1.16 bits per heavy atom. The molecule has 1 aliphatic rings. The third-order valence-electron chi connectivity index (χ3n) is 6.38. The van der Waals surface area contributed by atoms with Crippen LogP contribution >= 0.6 is 0 Å². The molecule has 5 rings (SSSR count). The normalized spacial score (nSPS) is 15.6. The van der Waals surface area contributed by atoms with Crippen molar-refractivity contribution >= 4 is 11.0 Å². The predicted molar refractivity (Wildman–Crippen MR) is 127 cm³/mol. The minimum Gasteiger partial charge on any atom is -0.481 e. The summed E-state index contributed by atoms with van der Waals surface area (Å²) >= 11 is 0. The van der Waals surface area contributed by atoms with Crippen molar-refractivity contribution in [2.75, 3.05) is 13.7 Å². The number of hydrogen-bond donors (Lipinski definition) is 1. The standard InChI is InChI=1S/C26H29N5O/c1-18-6-3-4-7-19(18)8-5-14-27-21-9-10-22-20(16-21)17-31(30-22)24-13-15-28-23-11-12-25(32-2)29-26(23)24/h3-4,6-7,11-13,15,17,21,27H,5,8-10,14,16H2,1-2H3. The van der Waals surface area contributed by atoms with Gasteiger partial charge in [0.15, 0.2) is 0 Å². The van der Waals surface area contributed by atoms with Crippen LogP contribution in [0.25, 0.3) is 16.7 Å². The van der Waals surface area contributed by atoms with Crippen LogP contribution in [0.5, 0.6) is 5.88 Å². The van der Waals surface area contributed by atoms with Gasteiger partial charge in [-0.05, 0) is 74.4 Å². The maximum Gasteiger partial charge on any atom is 0.213 e. The Labute approximate surface area is 188 Å². The van der Waals surface area contributed by atoms with Crippen molar-refractivity contribution in [3.05, 3.63) is 77.2 Å². The molecule has 0 saturated heterocycles. The first-order valence-corrected chi connectivity index (χ1v) is 11.4. The smallest absolute Gasteiger partial charge is 0.213 e. The number of aryl methyl sites for hydroxylation is 3. The highest BCUT2D eigenvalue weighted by Crippen LogP contribution is 2.25. The Balaban J connectivity index is 1.26. The number of nitrogens with one attached hydrogen (secondary N) is 1. The summed E-state index contributed by atoms with van der Waals surface area (Å²) in [7, 11) is 1.63. The Morgan fingerprint density at radius 2 is 2.06 bits per heavy atom. The van der Waals surface area contributed by atoms with Crippen LogP contribution in [0, 0.1) is 6.92 Å². The van der Waals surface area contributed by atoms with Gasteiger partial charge in [-0.25, -0.2) is 9.67 Å². The summed E-state index contributed by atoms with van der Waals surface area (Å²) in [6.45, 7) is 3.24. The van der Waals surface area contributed by atoms with Gasteiger partial charge in [0.2, 0.25) is 5.88 Å². The highest BCUT2D eigenvalue weighted by Gasteiger charge is 2.22. The zero-order valence-electron chi connectivity index (χ0n) is 18.7. The van der Waals surface area contributed by atoms with Crippen molar-refractivity contribution in [3.8, 4) is 11.6 Å². The lowest BCUT2D eigenvalue weighted by Crippen LogP contribution is -2.35. The molecule has 32 heavy (non-hydrogen) atoms. The molecule has 164 valence electrons. The molecule has 6 nitrogen and oxygen atoms in total. The van der Waals surface area contributed by atoms with E-state index in [0.717, 1.165) is 55.4 Å². The van der Waals surface area contributed by atoms with Gasteiger partial charge in [0.05, 0.1) is 24.0 Å². The lowest BCUT2D eigenvalue weighted by Gasteiger charge is -2.22. The van der Waals surface area contributed by atoms with Crippen molar-refractivity contribution < 1.29 is 4.74 Å². The molecule has 4 aromatic rings. The fraction of sp³-hybridized carbons (Fsp3) is 0.346. The summed E-state index contributed by atoms with van der Waals surface area (Å²) in [5.74, 6) is 0.582. The molecular weight excluding hydrogens is 398 g/mol. The molecule has 1 aliphatic carbocycles. The Kier molecular flexibility index (Phi) is 5.86. The second kappa shape index (κ2) is 9.09. The van der Waals surface area contributed by atoms with Crippen molar-refractivity contribution in [2.45, 2.75) is 45.1 Å². The maximum atomic E-state index is 5.31. The molecule has 3 aromatic heterocycles. The van der Waals surface area contributed by atoms with E-state index in [4.69, 9.17) is 9.84 Å². The molecule has 6 heteroatoms. The molecule has 1 N–H and O–H groups in total. The first-order chi connectivity index (χ1) is 15.7. The van der Waals surface area contributed by atoms with E-state index >= 15 is 0 Å². The Morgan fingerprint density at radius 3 is 2.94 bits per heavy atom. The van der Waals surface area contributed by atoms with E-state index in [-0.39, 0.29) is 0 Å². The molecule has 0 amide bonds. The maximum absolute atomic E-state index is 5.31. The van der Waals surface area contributed by atoms with Gasteiger partial charge >= 0.3 is 0 Å². The van der Waals surface area contributed by atoms with Gasteiger partial charge in [0, 0.05) is 24.5 Å². The fourth-order valence-electron chi connectivity index (χ4n) is 4.57. The van der Waals surface area contributed by atoms with E-state index in [2.05, 4.69) is 52.7 Å². The second-order valence-corrected chi connectivity index (χ2v) is 8.52. The summed E-state index contributed by atoms with van der Waals surface area (Å²) in [4.78, 5) is 9.05. The van der Waals surface area contributed by atoms with Crippen molar-refractivity contribution in [1.82, 2.24) is 25.1 Å². The molecule has 0 saturated carbocycles. The minimum atomic E-state index is 0.504. The number of benzene rings is 1. The molecule has 0 aliphatic heterocycles. The minimum absolute atomic E-state index is 0.504. The third kappa shape index (κ3) is 4.23. The summed E-state index contributed by atoms with van der Waals surface area (Å²) in [6.07, 6.45) is 9.39. The van der Waals surface area contributed by atoms with Crippen LogP contribution in [0.1, 0.15) is 35.2 Å². The fourth-order valence-corrected chi connectivity index (χ4v) is 4.57. The molecule has 0 fully saturated rings. The van der Waals surface area contributed by atoms with E-state index < -0.39 is 0 Å². The average Bonchev–Trinajstić information content (AvgIpc) is 3.25. The lowest BCUT2D eigenvalue weighted by molar-refractivity contribution is 0.399. The molecule has 0 spiro atoms. The number of methoxy groups -OCH3 is 1. The van der Waals surface area contributed by atoms with Gasteiger partial charge < -0.3 is 10.1 Å². The molecule has 1 atom stereocenters. The van der Waals surface area contributed by atoms with E-state index in [0.29, 0.717) is 11.9 Å². The van der Waals surface area contributed by atoms with Crippen LogP contribution in [0.4, 0.5) is 0 Å². The van der Waals surface area contributed by atoms with E-state index in [1.807, 2.05) is 29.1 Å². The van der Waals surface area contributed by atoms with Crippen LogP contribution in [-0.2, 0) is 19.3 Å². The van der Waals surface area contributed by atoms with Crippen molar-refractivity contribution in [1.29, 1.82) is 0 Å². The van der Waals surface area contributed by atoms with Gasteiger partial charge in [-0.2, -0.15) is 5.10 Å². The molecule has 1 aromatic carbocycles. The largest absolute Gasteiger partial charge is 0.481 e. The Hall–Kier alpha value is -3.25. The monoisotopic (exact) mass is 427 g/mol. The number of hydrogen-bond acceptors (Lipinski definition) is 5. The van der Waals surface area contributed by atoms with E-state index in [9.17, 15) is 0 Å². The molecular formula is C26H29N5O. The summed E-state index contributed by atoms with van der Waals surface area (Å²) < 4.78 is 7.27. The highest BCUT2D eigenvalue weighted by molar-refractivity contribution is 5.83. The molecule has 0 bridgehead atoms. The number of rotatable bonds is 7. The summed E-state index contributed by atoms with van der Waals surface area (Å²) in [5.41, 5.74) is 7.93. The highest BCUT2D eigenvalue weighted by atomic mass is 16.5. The predicted octanol–water partition coefficient (Wildman–Crippen LogP) is 4.21. The van der Waals surface area contributed by atoms with Crippen molar-refractivity contribution in [3.63, 3.8) is 0 Å². The van der Waals surface area contributed by atoms with Gasteiger partial charge in [-0.15, -0.1) is 0 Å². The van der Waals surface area contributed by atoms with Gasteiger partial charge in [-0.1, -0.05) is 24.3 Å². The van der Waals surface area contributed by atoms with Crippen molar-refractivity contribution in [2.24, 2.45) is 0 Å². The lowest BCUT2D eigenvalue weighted by atomic mass is 9.93. The number of pyridine rings is 2. The topological polar surface area (TPSA) is 64.9 Å². The molecule has 0 radical (unpaired) electrons. The Bertz CT molecular complexity index is 1230. The summed E-state index contributed by atoms with van der Waals surface area (Å²) in [6, 6.07) is 14.9. The van der Waals surface area contributed by atoms with Gasteiger partial charge in [0.25, 0.3) is 0 Å².